The fraction of sp³-hybridized carbons (Fsp3) is 0.364. The van der Waals surface area contributed by atoms with E-state index in [9.17, 15) is 5.11 Å². The van der Waals surface area contributed by atoms with Gasteiger partial charge < -0.3 is 10.0 Å². The summed E-state index contributed by atoms with van der Waals surface area (Å²) in [5, 5.41) is 9.63. The lowest BCUT2D eigenvalue weighted by atomic mass is 10.2. The predicted molar refractivity (Wildman–Crippen MR) is 60.6 cm³/mol. The lowest BCUT2D eigenvalue weighted by Crippen LogP contribution is -2.26. The van der Waals surface area contributed by atoms with Gasteiger partial charge in [0.1, 0.15) is 10.7 Å². The van der Waals surface area contributed by atoms with Gasteiger partial charge in [-0.15, -0.1) is 0 Å². The maximum atomic E-state index is 9.63. The average Bonchev–Trinajstić information content (AvgIpc) is 2.70. The van der Waals surface area contributed by atoms with E-state index in [0.29, 0.717) is 0 Å². The van der Waals surface area contributed by atoms with Crippen molar-refractivity contribution in [2.45, 2.75) is 12.8 Å². The summed E-state index contributed by atoms with van der Waals surface area (Å²) in [5.74, 6) is 0.282. The zero-order valence-corrected chi connectivity index (χ0v) is 8.76. The zero-order chi connectivity index (χ0) is 9.97. The minimum Gasteiger partial charge on any atom is -0.507 e. The van der Waals surface area contributed by atoms with Gasteiger partial charge in [0.05, 0.1) is 5.56 Å². The van der Waals surface area contributed by atoms with Crippen molar-refractivity contribution in [3.8, 4) is 5.75 Å². The van der Waals surface area contributed by atoms with Gasteiger partial charge in [0.25, 0.3) is 0 Å². The Bertz CT molecular complexity index is 345. The summed E-state index contributed by atoms with van der Waals surface area (Å²) in [6.45, 7) is 2.04. The van der Waals surface area contributed by atoms with Crippen LogP contribution >= 0.6 is 12.2 Å². The van der Waals surface area contributed by atoms with Crippen molar-refractivity contribution < 1.29 is 5.11 Å². The molecule has 0 atom stereocenters. The molecule has 3 heteroatoms. The molecule has 0 aliphatic carbocycles. The molecule has 1 heterocycles. The van der Waals surface area contributed by atoms with Crippen LogP contribution in [0.5, 0.6) is 5.75 Å². The quantitative estimate of drug-likeness (QED) is 0.714. The third kappa shape index (κ3) is 1.73. The summed E-state index contributed by atoms with van der Waals surface area (Å²) >= 11 is 5.33. The van der Waals surface area contributed by atoms with Gasteiger partial charge in [-0.2, -0.15) is 0 Å². The molecule has 1 aromatic carbocycles. The van der Waals surface area contributed by atoms with Crippen molar-refractivity contribution in [1.82, 2.24) is 4.90 Å². The van der Waals surface area contributed by atoms with E-state index in [1.807, 2.05) is 18.2 Å². The molecule has 1 aromatic rings. The maximum absolute atomic E-state index is 9.63. The topological polar surface area (TPSA) is 23.5 Å². The van der Waals surface area contributed by atoms with Gasteiger partial charge in [-0.25, -0.2) is 0 Å². The van der Waals surface area contributed by atoms with Gasteiger partial charge in [-0.3, -0.25) is 0 Å². The molecule has 0 unspecified atom stereocenters. The molecule has 0 amide bonds. The first-order valence-corrected chi connectivity index (χ1v) is 5.27. The van der Waals surface area contributed by atoms with Crippen LogP contribution in [0.15, 0.2) is 24.3 Å². The number of hydrogen-bond acceptors (Lipinski definition) is 2. The number of benzene rings is 1. The van der Waals surface area contributed by atoms with E-state index in [1.54, 1.807) is 6.07 Å². The highest BCUT2D eigenvalue weighted by atomic mass is 32.1. The number of likely N-dealkylation sites (tertiary alicyclic amines) is 1. The molecule has 1 N–H and O–H groups in total. The highest BCUT2D eigenvalue weighted by Crippen LogP contribution is 2.21. The van der Waals surface area contributed by atoms with Gasteiger partial charge in [0.15, 0.2) is 0 Å². The number of phenolic OH excluding ortho intramolecular Hbond substituents is 1. The van der Waals surface area contributed by atoms with Crippen LogP contribution in [0.1, 0.15) is 18.4 Å². The van der Waals surface area contributed by atoms with Gasteiger partial charge in [0, 0.05) is 13.1 Å². The van der Waals surface area contributed by atoms with Crippen molar-refractivity contribution in [2.75, 3.05) is 13.1 Å². The Balaban J connectivity index is 2.22. The Kier molecular flexibility index (Phi) is 2.68. The first kappa shape index (κ1) is 9.46. The van der Waals surface area contributed by atoms with Crippen molar-refractivity contribution in [1.29, 1.82) is 0 Å². The summed E-state index contributed by atoms with van der Waals surface area (Å²) < 4.78 is 0. The molecule has 2 nitrogen and oxygen atoms in total. The molecule has 0 radical (unpaired) electrons. The molecule has 1 fully saturated rings. The Morgan fingerprint density at radius 1 is 1.21 bits per heavy atom. The third-order valence-electron chi connectivity index (χ3n) is 2.53. The zero-order valence-electron chi connectivity index (χ0n) is 7.94. The molecule has 74 valence electrons. The summed E-state index contributed by atoms with van der Waals surface area (Å²) in [6.07, 6.45) is 2.40. The van der Waals surface area contributed by atoms with Crippen molar-refractivity contribution >= 4 is 17.2 Å². The van der Waals surface area contributed by atoms with Gasteiger partial charge in [0.2, 0.25) is 0 Å². The lowest BCUT2D eigenvalue weighted by Gasteiger charge is -2.18. The van der Waals surface area contributed by atoms with E-state index in [2.05, 4.69) is 4.90 Å². The van der Waals surface area contributed by atoms with E-state index >= 15 is 0 Å². The van der Waals surface area contributed by atoms with Crippen LogP contribution in [0.2, 0.25) is 0 Å². The summed E-state index contributed by atoms with van der Waals surface area (Å²) in [6, 6.07) is 7.26. The number of rotatable bonds is 1. The van der Waals surface area contributed by atoms with Gasteiger partial charge in [-0.1, -0.05) is 24.4 Å². The van der Waals surface area contributed by atoms with Crippen LogP contribution in [-0.2, 0) is 0 Å². The Hall–Kier alpha value is -1.09. The second-order valence-corrected chi connectivity index (χ2v) is 3.90. The van der Waals surface area contributed by atoms with E-state index < -0.39 is 0 Å². The number of para-hydroxylation sites is 1. The second kappa shape index (κ2) is 3.96. The molecular formula is C11H13NOS. The molecule has 0 aromatic heterocycles. The normalized spacial score (nSPS) is 15.9. The van der Waals surface area contributed by atoms with Crippen LogP contribution in [-0.4, -0.2) is 28.1 Å². The second-order valence-electron chi connectivity index (χ2n) is 3.52. The number of aromatic hydroxyl groups is 1. The number of thiocarbonyl (C=S) groups is 1. The SMILES string of the molecule is Oc1ccccc1C(=S)N1CCCC1. The molecule has 1 aliphatic rings. The van der Waals surface area contributed by atoms with Gasteiger partial charge in [-0.05, 0) is 25.0 Å². The monoisotopic (exact) mass is 207 g/mol. The summed E-state index contributed by atoms with van der Waals surface area (Å²) in [4.78, 5) is 2.94. The first-order valence-electron chi connectivity index (χ1n) is 4.86. The number of phenols is 1. The Morgan fingerprint density at radius 2 is 1.86 bits per heavy atom. The summed E-state index contributed by atoms with van der Waals surface area (Å²) in [5.41, 5.74) is 0.782. The van der Waals surface area contributed by atoms with Crippen molar-refractivity contribution in [2.24, 2.45) is 0 Å². The average molecular weight is 207 g/mol. The highest BCUT2D eigenvalue weighted by molar-refractivity contribution is 7.80. The maximum Gasteiger partial charge on any atom is 0.125 e. The standard InChI is InChI=1S/C11H13NOS/c13-10-6-2-1-5-9(10)11(14)12-7-3-4-8-12/h1-2,5-6,13H,3-4,7-8H2. The van der Waals surface area contributed by atoms with Crippen molar-refractivity contribution in [3.05, 3.63) is 29.8 Å². The highest BCUT2D eigenvalue weighted by Gasteiger charge is 2.17. The van der Waals surface area contributed by atoms with Crippen LogP contribution in [0.4, 0.5) is 0 Å². The largest absolute Gasteiger partial charge is 0.507 e. The van der Waals surface area contributed by atoms with Crippen LogP contribution in [0, 0.1) is 0 Å². The molecule has 0 saturated carbocycles. The van der Waals surface area contributed by atoms with Crippen molar-refractivity contribution in [3.63, 3.8) is 0 Å². The lowest BCUT2D eigenvalue weighted by molar-refractivity contribution is 0.469. The van der Waals surface area contributed by atoms with Crippen LogP contribution in [0.3, 0.4) is 0 Å². The molecule has 1 saturated heterocycles. The molecular weight excluding hydrogens is 194 g/mol. The molecule has 0 spiro atoms. The van der Waals surface area contributed by atoms with E-state index in [-0.39, 0.29) is 5.75 Å². The number of hydrogen-bond donors (Lipinski definition) is 1. The van der Waals surface area contributed by atoms with Crippen LogP contribution in [0.25, 0.3) is 0 Å². The fourth-order valence-electron chi connectivity index (χ4n) is 1.75. The third-order valence-corrected chi connectivity index (χ3v) is 3.01. The molecule has 14 heavy (non-hydrogen) atoms. The van der Waals surface area contributed by atoms with Crippen LogP contribution < -0.4 is 0 Å². The van der Waals surface area contributed by atoms with Gasteiger partial charge >= 0.3 is 0 Å². The van der Waals surface area contributed by atoms with E-state index in [4.69, 9.17) is 12.2 Å². The van der Waals surface area contributed by atoms with E-state index in [0.717, 1.165) is 23.6 Å². The Labute approximate surface area is 89.2 Å². The molecule has 2 rings (SSSR count). The summed E-state index contributed by atoms with van der Waals surface area (Å²) in [7, 11) is 0. The minimum atomic E-state index is 0.282. The minimum absolute atomic E-state index is 0.282. The fourth-order valence-corrected chi connectivity index (χ4v) is 2.10. The smallest absolute Gasteiger partial charge is 0.125 e. The first-order chi connectivity index (χ1) is 6.79. The number of nitrogens with zero attached hydrogens (tertiary/aromatic N) is 1. The Morgan fingerprint density at radius 3 is 2.50 bits per heavy atom. The van der Waals surface area contributed by atoms with E-state index in [1.165, 1.54) is 12.8 Å². The molecule has 0 bridgehead atoms. The predicted octanol–water partition coefficient (Wildman–Crippen LogP) is 2.16. The molecule has 1 aliphatic heterocycles.